The number of rotatable bonds is 1. The van der Waals surface area contributed by atoms with Crippen LogP contribution in [-0.4, -0.2) is 18.2 Å². The van der Waals surface area contributed by atoms with Gasteiger partial charge in [0.25, 0.3) is 0 Å². The van der Waals surface area contributed by atoms with Crippen LogP contribution >= 0.6 is 11.6 Å². The first kappa shape index (κ1) is 14.5. The first-order valence-corrected chi connectivity index (χ1v) is 7.93. The van der Waals surface area contributed by atoms with E-state index in [1.807, 2.05) is 0 Å². The third-order valence-electron chi connectivity index (χ3n) is 4.61. The summed E-state index contributed by atoms with van der Waals surface area (Å²) in [5, 5.41) is 6.09. The Morgan fingerprint density at radius 3 is 2.65 bits per heavy atom. The van der Waals surface area contributed by atoms with Crippen LogP contribution in [0.2, 0.25) is 5.02 Å². The standard InChI is InChI=1S/C17H14ClFN2O2/c18-9-7-8(1-2-10(9)19)14-15-11(3-4-13(15)22)21-12-5-6-20-17(23)16(12)14/h1-2,7,14,21H,3-6H2,(H,20,23). The summed E-state index contributed by atoms with van der Waals surface area (Å²) in [6.45, 7) is 0.568. The molecule has 1 unspecified atom stereocenters. The van der Waals surface area contributed by atoms with Gasteiger partial charge in [0.15, 0.2) is 5.78 Å². The molecule has 0 radical (unpaired) electrons. The van der Waals surface area contributed by atoms with Crippen LogP contribution in [-0.2, 0) is 9.59 Å². The number of allylic oxidation sites excluding steroid dienone is 2. The molecule has 0 fully saturated rings. The van der Waals surface area contributed by atoms with Crippen molar-refractivity contribution in [3.05, 3.63) is 57.1 Å². The van der Waals surface area contributed by atoms with Gasteiger partial charge in [-0.2, -0.15) is 0 Å². The second-order valence-corrected chi connectivity index (χ2v) is 6.35. The van der Waals surface area contributed by atoms with Gasteiger partial charge in [0, 0.05) is 47.8 Å². The molecule has 1 aliphatic carbocycles. The van der Waals surface area contributed by atoms with Crippen molar-refractivity contribution in [3.63, 3.8) is 0 Å². The molecule has 3 aliphatic rings. The van der Waals surface area contributed by atoms with Crippen molar-refractivity contribution < 1.29 is 14.0 Å². The topological polar surface area (TPSA) is 58.2 Å². The Labute approximate surface area is 137 Å². The average molecular weight is 333 g/mol. The molecule has 0 saturated carbocycles. The van der Waals surface area contributed by atoms with Crippen LogP contribution in [0.4, 0.5) is 4.39 Å². The lowest BCUT2D eigenvalue weighted by Gasteiger charge is -2.33. The third-order valence-corrected chi connectivity index (χ3v) is 4.90. The summed E-state index contributed by atoms with van der Waals surface area (Å²) in [5.74, 6) is -1.15. The monoisotopic (exact) mass is 332 g/mol. The number of benzene rings is 1. The van der Waals surface area contributed by atoms with Gasteiger partial charge in [-0.3, -0.25) is 9.59 Å². The van der Waals surface area contributed by atoms with Gasteiger partial charge in [0.1, 0.15) is 5.82 Å². The summed E-state index contributed by atoms with van der Waals surface area (Å²) in [4.78, 5) is 24.8. The van der Waals surface area contributed by atoms with Gasteiger partial charge in [-0.05, 0) is 24.1 Å². The van der Waals surface area contributed by atoms with Crippen molar-refractivity contribution in [2.24, 2.45) is 0 Å². The van der Waals surface area contributed by atoms with Gasteiger partial charge in [0.2, 0.25) is 5.91 Å². The number of halogens is 2. The number of amides is 1. The summed E-state index contributed by atoms with van der Waals surface area (Å²) in [6, 6.07) is 4.38. The van der Waals surface area contributed by atoms with Crippen LogP contribution in [0.5, 0.6) is 0 Å². The SMILES string of the molecule is O=C1CCC2=C1C(c1ccc(F)c(Cl)c1)C1=C(CCNC1=O)N2. The summed E-state index contributed by atoms with van der Waals surface area (Å²) in [6.07, 6.45) is 1.78. The Hall–Kier alpha value is -2.14. The zero-order valence-corrected chi connectivity index (χ0v) is 13.0. The van der Waals surface area contributed by atoms with Crippen molar-refractivity contribution in [1.29, 1.82) is 0 Å². The smallest absolute Gasteiger partial charge is 0.249 e. The number of nitrogens with one attached hydrogen (secondary N) is 2. The number of hydrogen-bond donors (Lipinski definition) is 2. The zero-order valence-electron chi connectivity index (χ0n) is 12.2. The fraction of sp³-hybridized carbons (Fsp3) is 0.294. The van der Waals surface area contributed by atoms with E-state index in [4.69, 9.17) is 11.6 Å². The number of dihydropyridines is 1. The number of Topliss-reactive ketones (excluding diaryl/α,β-unsaturated/α-hetero) is 1. The first-order valence-electron chi connectivity index (χ1n) is 7.55. The lowest BCUT2D eigenvalue weighted by Crippen LogP contribution is -2.40. The normalized spacial score (nSPS) is 23.5. The molecule has 1 atom stereocenters. The molecule has 23 heavy (non-hydrogen) atoms. The van der Waals surface area contributed by atoms with E-state index in [-0.39, 0.29) is 16.7 Å². The maximum absolute atomic E-state index is 13.5. The molecule has 1 amide bonds. The van der Waals surface area contributed by atoms with Crippen LogP contribution in [0.3, 0.4) is 0 Å². The summed E-state index contributed by atoms with van der Waals surface area (Å²) in [7, 11) is 0. The van der Waals surface area contributed by atoms with E-state index in [2.05, 4.69) is 10.6 Å². The number of carbonyl (C=O) groups is 2. The van der Waals surface area contributed by atoms with E-state index in [0.717, 1.165) is 11.4 Å². The van der Waals surface area contributed by atoms with E-state index >= 15 is 0 Å². The highest BCUT2D eigenvalue weighted by Gasteiger charge is 2.41. The maximum atomic E-state index is 13.5. The maximum Gasteiger partial charge on any atom is 0.249 e. The molecule has 2 N–H and O–H groups in total. The fourth-order valence-corrected chi connectivity index (χ4v) is 3.79. The molecule has 0 aromatic heterocycles. The third kappa shape index (κ3) is 2.18. The molecule has 0 spiro atoms. The van der Waals surface area contributed by atoms with Gasteiger partial charge >= 0.3 is 0 Å². The second-order valence-electron chi connectivity index (χ2n) is 5.95. The van der Waals surface area contributed by atoms with Gasteiger partial charge in [-0.1, -0.05) is 17.7 Å². The largest absolute Gasteiger partial charge is 0.361 e. The molecular weight excluding hydrogens is 319 g/mol. The van der Waals surface area contributed by atoms with Crippen LogP contribution in [0.1, 0.15) is 30.7 Å². The average Bonchev–Trinajstić information content (AvgIpc) is 2.90. The molecule has 1 aromatic rings. The Kier molecular flexibility index (Phi) is 3.27. The Balaban J connectivity index is 1.91. The summed E-state index contributed by atoms with van der Waals surface area (Å²) >= 11 is 5.92. The lowest BCUT2D eigenvalue weighted by molar-refractivity contribution is -0.118. The molecule has 4 rings (SSSR count). The van der Waals surface area contributed by atoms with Crippen LogP contribution in [0, 0.1) is 5.82 Å². The zero-order chi connectivity index (χ0) is 16.1. The number of hydrogen-bond acceptors (Lipinski definition) is 3. The van der Waals surface area contributed by atoms with Crippen molar-refractivity contribution >= 4 is 23.3 Å². The minimum Gasteiger partial charge on any atom is -0.361 e. The highest BCUT2D eigenvalue weighted by atomic mass is 35.5. The molecule has 0 saturated heterocycles. The molecule has 2 heterocycles. The predicted molar refractivity (Wildman–Crippen MR) is 83.2 cm³/mol. The highest BCUT2D eigenvalue weighted by Crippen LogP contribution is 2.44. The van der Waals surface area contributed by atoms with Crippen molar-refractivity contribution in [2.45, 2.75) is 25.2 Å². The van der Waals surface area contributed by atoms with Gasteiger partial charge in [0.05, 0.1) is 5.02 Å². The van der Waals surface area contributed by atoms with Gasteiger partial charge in [-0.25, -0.2) is 4.39 Å². The molecule has 118 valence electrons. The van der Waals surface area contributed by atoms with Crippen molar-refractivity contribution in [3.8, 4) is 0 Å². The molecule has 1 aromatic carbocycles. The van der Waals surface area contributed by atoms with Gasteiger partial charge in [-0.15, -0.1) is 0 Å². The number of carbonyl (C=O) groups excluding carboxylic acids is 2. The van der Waals surface area contributed by atoms with E-state index in [1.165, 1.54) is 12.1 Å². The molecular formula is C17H14ClFN2O2. The van der Waals surface area contributed by atoms with Crippen molar-refractivity contribution in [1.82, 2.24) is 10.6 Å². The van der Waals surface area contributed by atoms with E-state index < -0.39 is 11.7 Å². The molecule has 2 aliphatic heterocycles. The van der Waals surface area contributed by atoms with E-state index in [9.17, 15) is 14.0 Å². The van der Waals surface area contributed by atoms with E-state index in [0.29, 0.717) is 42.5 Å². The van der Waals surface area contributed by atoms with Crippen LogP contribution in [0.15, 0.2) is 40.7 Å². The van der Waals surface area contributed by atoms with Gasteiger partial charge < -0.3 is 10.6 Å². The predicted octanol–water partition coefficient (Wildman–Crippen LogP) is 2.56. The Morgan fingerprint density at radius 1 is 1.09 bits per heavy atom. The highest BCUT2D eigenvalue weighted by molar-refractivity contribution is 6.30. The summed E-state index contributed by atoms with van der Waals surface area (Å²) in [5.41, 5.74) is 3.57. The second kappa shape index (κ2) is 5.20. The van der Waals surface area contributed by atoms with Crippen LogP contribution in [0.25, 0.3) is 0 Å². The molecule has 0 bridgehead atoms. The number of ketones is 1. The minimum absolute atomic E-state index is 0.00741. The van der Waals surface area contributed by atoms with Crippen LogP contribution < -0.4 is 10.6 Å². The molecule has 4 nitrogen and oxygen atoms in total. The first-order chi connectivity index (χ1) is 11.1. The lowest BCUT2D eigenvalue weighted by atomic mass is 9.78. The Morgan fingerprint density at radius 2 is 1.87 bits per heavy atom. The Bertz CT molecular complexity index is 813. The molecule has 6 heteroatoms. The minimum atomic E-state index is -0.515. The summed E-state index contributed by atoms with van der Waals surface area (Å²) < 4.78 is 13.5. The fourth-order valence-electron chi connectivity index (χ4n) is 3.60. The quantitative estimate of drug-likeness (QED) is 0.831. The van der Waals surface area contributed by atoms with E-state index in [1.54, 1.807) is 6.07 Å². The van der Waals surface area contributed by atoms with Crippen molar-refractivity contribution in [2.75, 3.05) is 6.54 Å².